The SMILES string of the molecule is C/C(=N\Nc1cc(C)c2cc(Cl)ccc2n1)c1ccc(OCC(=O)N2CCCC2)cc1. The summed E-state index contributed by atoms with van der Waals surface area (Å²) >= 11 is 6.08. The Labute approximate surface area is 186 Å². The third-order valence-electron chi connectivity index (χ3n) is 5.41. The Morgan fingerprint density at radius 1 is 1.16 bits per heavy atom. The van der Waals surface area contributed by atoms with Crippen LogP contribution in [0.3, 0.4) is 0 Å². The summed E-state index contributed by atoms with van der Waals surface area (Å²) in [6, 6.07) is 15.2. The van der Waals surface area contributed by atoms with E-state index in [-0.39, 0.29) is 12.5 Å². The van der Waals surface area contributed by atoms with Gasteiger partial charge in [-0.1, -0.05) is 11.6 Å². The monoisotopic (exact) mass is 436 g/mol. The molecule has 0 spiro atoms. The molecule has 1 fully saturated rings. The van der Waals surface area contributed by atoms with Crippen LogP contribution in [0.2, 0.25) is 5.02 Å². The predicted molar refractivity (Wildman–Crippen MR) is 125 cm³/mol. The van der Waals surface area contributed by atoms with Gasteiger partial charge in [-0.2, -0.15) is 5.10 Å². The molecular weight excluding hydrogens is 412 g/mol. The van der Waals surface area contributed by atoms with Crippen LogP contribution in [0.4, 0.5) is 5.82 Å². The summed E-state index contributed by atoms with van der Waals surface area (Å²) in [5.74, 6) is 1.39. The number of halogens is 1. The first-order valence-corrected chi connectivity index (χ1v) is 10.8. The van der Waals surface area contributed by atoms with Gasteiger partial charge in [-0.25, -0.2) is 4.98 Å². The van der Waals surface area contributed by atoms with E-state index < -0.39 is 0 Å². The van der Waals surface area contributed by atoms with E-state index in [1.807, 2.05) is 67.3 Å². The molecule has 0 radical (unpaired) electrons. The number of fused-ring (bicyclic) bond motifs is 1. The number of benzene rings is 2. The molecule has 3 aromatic rings. The van der Waals surface area contributed by atoms with Crippen LogP contribution in [0, 0.1) is 6.92 Å². The van der Waals surface area contributed by atoms with E-state index in [4.69, 9.17) is 16.3 Å². The molecule has 1 amide bonds. The van der Waals surface area contributed by atoms with Crippen molar-refractivity contribution in [3.63, 3.8) is 0 Å². The fourth-order valence-electron chi connectivity index (χ4n) is 3.62. The first-order valence-electron chi connectivity index (χ1n) is 10.4. The van der Waals surface area contributed by atoms with E-state index >= 15 is 0 Å². The molecule has 0 bridgehead atoms. The van der Waals surface area contributed by atoms with Gasteiger partial charge in [0.25, 0.3) is 5.91 Å². The minimum Gasteiger partial charge on any atom is -0.484 e. The van der Waals surface area contributed by atoms with Crippen molar-refractivity contribution in [2.75, 3.05) is 25.1 Å². The third kappa shape index (κ3) is 5.14. The molecule has 0 aliphatic carbocycles. The number of carbonyl (C=O) groups excluding carboxylic acids is 1. The molecular formula is C24H25ClN4O2. The van der Waals surface area contributed by atoms with E-state index in [1.54, 1.807) is 0 Å². The fourth-order valence-corrected chi connectivity index (χ4v) is 3.80. The van der Waals surface area contributed by atoms with Gasteiger partial charge in [-0.05, 0) is 86.3 Å². The van der Waals surface area contributed by atoms with Crippen molar-refractivity contribution in [2.24, 2.45) is 5.10 Å². The number of rotatable bonds is 6. The first-order chi connectivity index (χ1) is 15.0. The molecule has 4 rings (SSSR count). The number of carbonyl (C=O) groups is 1. The van der Waals surface area contributed by atoms with E-state index in [2.05, 4.69) is 15.5 Å². The van der Waals surface area contributed by atoms with E-state index in [0.29, 0.717) is 16.6 Å². The number of ether oxygens (including phenoxy) is 1. The largest absolute Gasteiger partial charge is 0.484 e. The summed E-state index contributed by atoms with van der Waals surface area (Å²) < 4.78 is 5.64. The molecule has 31 heavy (non-hydrogen) atoms. The van der Waals surface area contributed by atoms with Crippen molar-refractivity contribution in [1.29, 1.82) is 0 Å². The van der Waals surface area contributed by atoms with E-state index in [1.165, 1.54) is 0 Å². The number of pyridine rings is 1. The zero-order valence-corrected chi connectivity index (χ0v) is 18.4. The van der Waals surface area contributed by atoms with Gasteiger partial charge < -0.3 is 9.64 Å². The summed E-state index contributed by atoms with van der Waals surface area (Å²) in [5.41, 5.74) is 6.75. The average Bonchev–Trinajstić information content (AvgIpc) is 3.32. The van der Waals surface area contributed by atoms with Gasteiger partial charge in [0.2, 0.25) is 0 Å². The highest BCUT2D eigenvalue weighted by atomic mass is 35.5. The van der Waals surface area contributed by atoms with Crippen LogP contribution in [0.15, 0.2) is 53.6 Å². The first kappa shape index (κ1) is 21.1. The Morgan fingerprint density at radius 3 is 2.65 bits per heavy atom. The average molecular weight is 437 g/mol. The van der Waals surface area contributed by atoms with Crippen molar-refractivity contribution in [3.05, 3.63) is 64.7 Å². The number of nitrogens with zero attached hydrogens (tertiary/aromatic N) is 3. The Kier molecular flexibility index (Phi) is 6.37. The summed E-state index contributed by atoms with van der Waals surface area (Å²) in [6.45, 7) is 5.70. The van der Waals surface area contributed by atoms with Gasteiger partial charge in [0.05, 0.1) is 11.2 Å². The lowest BCUT2D eigenvalue weighted by atomic mass is 10.1. The Morgan fingerprint density at radius 2 is 1.90 bits per heavy atom. The molecule has 1 aliphatic rings. The molecule has 1 aromatic heterocycles. The van der Waals surface area contributed by atoms with Crippen LogP contribution in [0.25, 0.3) is 10.9 Å². The Balaban J connectivity index is 1.38. The molecule has 1 N–H and O–H groups in total. The summed E-state index contributed by atoms with van der Waals surface area (Å²) in [7, 11) is 0. The van der Waals surface area contributed by atoms with Crippen molar-refractivity contribution in [1.82, 2.24) is 9.88 Å². The number of anilines is 1. The summed E-state index contributed by atoms with van der Waals surface area (Å²) in [5, 5.41) is 6.18. The molecule has 0 saturated carbocycles. The van der Waals surface area contributed by atoms with Crippen molar-refractivity contribution < 1.29 is 9.53 Å². The number of hydrogen-bond acceptors (Lipinski definition) is 5. The zero-order valence-electron chi connectivity index (χ0n) is 17.7. The molecule has 160 valence electrons. The second-order valence-corrected chi connectivity index (χ2v) is 8.13. The van der Waals surface area contributed by atoms with Gasteiger partial charge >= 0.3 is 0 Å². The van der Waals surface area contributed by atoms with Gasteiger partial charge in [0, 0.05) is 23.5 Å². The second kappa shape index (κ2) is 9.35. The van der Waals surface area contributed by atoms with E-state index in [9.17, 15) is 4.79 Å². The maximum Gasteiger partial charge on any atom is 0.260 e. The van der Waals surface area contributed by atoms with Crippen LogP contribution < -0.4 is 10.2 Å². The van der Waals surface area contributed by atoms with Gasteiger partial charge in [0.15, 0.2) is 6.61 Å². The minimum atomic E-state index is 0.0453. The smallest absolute Gasteiger partial charge is 0.260 e. The van der Waals surface area contributed by atoms with Crippen LogP contribution in [0.1, 0.15) is 30.9 Å². The van der Waals surface area contributed by atoms with Crippen LogP contribution >= 0.6 is 11.6 Å². The molecule has 2 heterocycles. The molecule has 0 unspecified atom stereocenters. The van der Waals surface area contributed by atoms with Crippen LogP contribution in [-0.4, -0.2) is 41.2 Å². The summed E-state index contributed by atoms with van der Waals surface area (Å²) in [4.78, 5) is 18.5. The quantitative estimate of drug-likeness (QED) is 0.434. The van der Waals surface area contributed by atoms with Crippen LogP contribution in [0.5, 0.6) is 5.75 Å². The fraction of sp³-hybridized carbons (Fsp3) is 0.292. The molecule has 0 atom stereocenters. The molecule has 2 aromatic carbocycles. The Bertz CT molecular complexity index is 1120. The Hall–Kier alpha value is -3.12. The highest BCUT2D eigenvalue weighted by Crippen LogP contribution is 2.23. The van der Waals surface area contributed by atoms with Crippen LogP contribution in [-0.2, 0) is 4.79 Å². The molecule has 1 saturated heterocycles. The maximum atomic E-state index is 12.1. The lowest BCUT2D eigenvalue weighted by Gasteiger charge is -2.15. The predicted octanol–water partition coefficient (Wildman–Crippen LogP) is 5.03. The van der Waals surface area contributed by atoms with Gasteiger partial charge in [-0.15, -0.1) is 0 Å². The lowest BCUT2D eigenvalue weighted by molar-refractivity contribution is -0.132. The van der Waals surface area contributed by atoms with Crippen molar-refractivity contribution in [3.8, 4) is 5.75 Å². The standard InChI is InChI=1S/C24H25ClN4O2/c1-16-13-23(26-22-10-7-19(25)14-21(16)22)28-27-17(2)18-5-8-20(9-6-18)31-15-24(30)29-11-3-4-12-29/h5-10,13-14H,3-4,11-12,15H2,1-2H3,(H,26,28)/b27-17+. The van der Waals surface area contributed by atoms with E-state index in [0.717, 1.165) is 53.7 Å². The number of hydrazone groups is 1. The normalized spacial score (nSPS) is 14.2. The highest BCUT2D eigenvalue weighted by Gasteiger charge is 2.18. The maximum absolute atomic E-state index is 12.1. The minimum absolute atomic E-state index is 0.0453. The third-order valence-corrected chi connectivity index (χ3v) is 5.64. The number of aryl methyl sites for hydroxylation is 1. The van der Waals surface area contributed by atoms with Crippen molar-refractivity contribution in [2.45, 2.75) is 26.7 Å². The van der Waals surface area contributed by atoms with Crippen molar-refractivity contribution >= 4 is 39.9 Å². The van der Waals surface area contributed by atoms with Gasteiger partial charge in [-0.3, -0.25) is 10.2 Å². The number of nitrogens with one attached hydrogen (secondary N) is 1. The molecule has 6 nitrogen and oxygen atoms in total. The number of amides is 1. The summed E-state index contributed by atoms with van der Waals surface area (Å²) in [6.07, 6.45) is 2.16. The second-order valence-electron chi connectivity index (χ2n) is 7.70. The number of hydrogen-bond donors (Lipinski definition) is 1. The number of likely N-dealkylation sites (tertiary alicyclic amines) is 1. The topological polar surface area (TPSA) is 66.8 Å². The lowest BCUT2D eigenvalue weighted by Crippen LogP contribution is -2.32. The number of aromatic nitrogens is 1. The highest BCUT2D eigenvalue weighted by molar-refractivity contribution is 6.31. The zero-order chi connectivity index (χ0) is 21.8. The molecule has 1 aliphatic heterocycles. The molecule has 7 heteroatoms. The van der Waals surface area contributed by atoms with Gasteiger partial charge in [0.1, 0.15) is 11.6 Å².